The molecule has 0 atom stereocenters. The third-order valence-electron chi connectivity index (χ3n) is 4.42. The Morgan fingerprint density at radius 2 is 1.82 bits per heavy atom. The first kappa shape index (κ1) is 19.8. The van der Waals surface area contributed by atoms with Crippen molar-refractivity contribution in [3.05, 3.63) is 87.2 Å². The molecule has 2 aromatic carbocycles. The van der Waals surface area contributed by atoms with Gasteiger partial charge < -0.3 is 5.32 Å². The number of aryl methyl sites for hydroxylation is 2. The number of aromatic nitrogens is 2. The van der Waals surface area contributed by atoms with Crippen molar-refractivity contribution in [1.82, 2.24) is 15.1 Å². The summed E-state index contributed by atoms with van der Waals surface area (Å²) in [6.45, 7) is 2.80. The van der Waals surface area contributed by atoms with E-state index in [1.54, 1.807) is 12.1 Å². The number of halogens is 1. The first-order valence-electron chi connectivity index (χ1n) is 9.18. The fourth-order valence-electron chi connectivity index (χ4n) is 2.80. The summed E-state index contributed by atoms with van der Waals surface area (Å²) in [4.78, 5) is 24.1. The number of carbonyl (C=O) groups is 1. The Balaban J connectivity index is 1.55. The van der Waals surface area contributed by atoms with Crippen LogP contribution >= 0.6 is 11.6 Å². The molecule has 0 unspecified atom stereocenters. The molecule has 5 nitrogen and oxygen atoms in total. The van der Waals surface area contributed by atoms with Gasteiger partial charge in [0.2, 0.25) is 5.91 Å². The monoisotopic (exact) mass is 395 g/mol. The zero-order chi connectivity index (χ0) is 19.9. The fraction of sp³-hybridized carbons (Fsp3) is 0.227. The number of hydrogen-bond donors (Lipinski definition) is 1. The second-order valence-corrected chi connectivity index (χ2v) is 7.02. The summed E-state index contributed by atoms with van der Waals surface area (Å²) in [5.74, 6) is -0.0809. The molecule has 1 heterocycles. The van der Waals surface area contributed by atoms with Crippen LogP contribution in [0.25, 0.3) is 11.3 Å². The van der Waals surface area contributed by atoms with Gasteiger partial charge in [0, 0.05) is 36.2 Å². The quantitative estimate of drug-likeness (QED) is 0.658. The van der Waals surface area contributed by atoms with E-state index in [1.165, 1.54) is 16.3 Å². The lowest BCUT2D eigenvalue weighted by atomic mass is 10.1. The van der Waals surface area contributed by atoms with E-state index < -0.39 is 0 Å². The van der Waals surface area contributed by atoms with Crippen LogP contribution in [0.4, 0.5) is 0 Å². The highest BCUT2D eigenvalue weighted by Gasteiger charge is 2.07. The molecule has 1 aromatic heterocycles. The number of carbonyl (C=O) groups excluding carboxylic acids is 1. The summed E-state index contributed by atoms with van der Waals surface area (Å²) in [5.41, 5.74) is 3.56. The first-order chi connectivity index (χ1) is 13.5. The number of nitrogens with zero attached hydrogens (tertiary/aromatic N) is 2. The van der Waals surface area contributed by atoms with Crippen LogP contribution < -0.4 is 10.9 Å². The lowest BCUT2D eigenvalue weighted by molar-refractivity contribution is -0.121. The Kier molecular flexibility index (Phi) is 6.61. The van der Waals surface area contributed by atoms with Crippen LogP contribution in [0.2, 0.25) is 5.02 Å². The van der Waals surface area contributed by atoms with Crippen LogP contribution in [0.1, 0.15) is 24.0 Å². The largest absolute Gasteiger partial charge is 0.352 e. The summed E-state index contributed by atoms with van der Waals surface area (Å²) in [6.07, 6.45) is 0.839. The predicted octanol–water partition coefficient (Wildman–Crippen LogP) is 3.97. The molecule has 0 saturated carbocycles. The minimum Gasteiger partial charge on any atom is -0.352 e. The van der Waals surface area contributed by atoms with Gasteiger partial charge in [0.1, 0.15) is 0 Å². The number of rotatable bonds is 7. The third kappa shape index (κ3) is 5.30. The van der Waals surface area contributed by atoms with Crippen molar-refractivity contribution in [3.8, 4) is 11.3 Å². The molecule has 1 N–H and O–H groups in total. The average molecular weight is 396 g/mol. The molecule has 144 valence electrons. The zero-order valence-electron chi connectivity index (χ0n) is 15.7. The SMILES string of the molecule is Cc1ccc(-c2ccc(=O)n(CCCC(=O)NCc3ccccc3Cl)n2)cc1. The molecular formula is C22H22ClN3O2. The normalized spacial score (nSPS) is 10.6. The lowest BCUT2D eigenvalue weighted by Gasteiger charge is -2.09. The molecule has 0 bridgehead atoms. The number of benzene rings is 2. The maximum atomic E-state index is 12.1. The maximum absolute atomic E-state index is 12.1. The standard InChI is InChI=1S/C22H22ClN3O2/c1-16-8-10-17(11-9-16)20-12-13-22(28)26(25-20)14-4-7-21(27)24-15-18-5-2-3-6-19(18)23/h2-3,5-6,8-13H,4,7,14-15H2,1H3,(H,24,27). The highest BCUT2D eigenvalue weighted by atomic mass is 35.5. The Morgan fingerprint density at radius 3 is 2.57 bits per heavy atom. The highest BCUT2D eigenvalue weighted by Crippen LogP contribution is 2.16. The topological polar surface area (TPSA) is 64.0 Å². The Bertz CT molecular complexity index is 1010. The smallest absolute Gasteiger partial charge is 0.266 e. The maximum Gasteiger partial charge on any atom is 0.266 e. The molecule has 0 spiro atoms. The molecule has 0 aliphatic rings. The van der Waals surface area contributed by atoms with Gasteiger partial charge in [-0.1, -0.05) is 59.6 Å². The van der Waals surface area contributed by atoms with Gasteiger partial charge in [0.25, 0.3) is 5.56 Å². The van der Waals surface area contributed by atoms with E-state index in [0.717, 1.165) is 16.8 Å². The Hall–Kier alpha value is -2.92. The van der Waals surface area contributed by atoms with E-state index in [-0.39, 0.29) is 11.5 Å². The summed E-state index contributed by atoms with van der Waals surface area (Å²) >= 11 is 6.09. The third-order valence-corrected chi connectivity index (χ3v) is 4.79. The van der Waals surface area contributed by atoms with Gasteiger partial charge in [-0.25, -0.2) is 4.68 Å². The molecule has 0 aliphatic carbocycles. The Labute approximate surface area is 169 Å². The molecule has 0 radical (unpaired) electrons. The van der Waals surface area contributed by atoms with Crippen LogP contribution in [0.15, 0.2) is 65.5 Å². The summed E-state index contributed by atoms with van der Waals surface area (Å²) < 4.78 is 1.41. The molecule has 3 aromatic rings. The van der Waals surface area contributed by atoms with Gasteiger partial charge in [-0.2, -0.15) is 5.10 Å². The van der Waals surface area contributed by atoms with Crippen LogP contribution in [0.3, 0.4) is 0 Å². The molecule has 6 heteroatoms. The lowest BCUT2D eigenvalue weighted by Crippen LogP contribution is -2.25. The number of amides is 1. The molecule has 3 rings (SSSR count). The average Bonchev–Trinajstić information content (AvgIpc) is 2.69. The van der Waals surface area contributed by atoms with E-state index in [2.05, 4.69) is 10.4 Å². The molecule has 0 aliphatic heterocycles. The molecule has 28 heavy (non-hydrogen) atoms. The summed E-state index contributed by atoms with van der Waals surface area (Å²) in [6, 6.07) is 18.6. The van der Waals surface area contributed by atoms with Crippen molar-refractivity contribution in [2.75, 3.05) is 0 Å². The van der Waals surface area contributed by atoms with Crippen molar-refractivity contribution in [3.63, 3.8) is 0 Å². The number of hydrogen-bond acceptors (Lipinski definition) is 3. The van der Waals surface area contributed by atoms with Crippen molar-refractivity contribution in [1.29, 1.82) is 0 Å². The van der Waals surface area contributed by atoms with Crippen molar-refractivity contribution in [2.45, 2.75) is 32.9 Å². The van der Waals surface area contributed by atoms with Gasteiger partial charge in [-0.05, 0) is 31.0 Å². The molecule has 0 saturated heterocycles. The Morgan fingerprint density at radius 1 is 1.07 bits per heavy atom. The van der Waals surface area contributed by atoms with Crippen molar-refractivity contribution >= 4 is 17.5 Å². The first-order valence-corrected chi connectivity index (χ1v) is 9.56. The minimum absolute atomic E-state index is 0.0809. The molecule has 1 amide bonds. The van der Waals surface area contributed by atoms with Crippen LogP contribution in [-0.2, 0) is 17.9 Å². The van der Waals surface area contributed by atoms with Crippen LogP contribution in [0, 0.1) is 6.92 Å². The van der Waals surface area contributed by atoms with E-state index in [0.29, 0.717) is 31.0 Å². The van der Waals surface area contributed by atoms with Crippen LogP contribution in [-0.4, -0.2) is 15.7 Å². The highest BCUT2D eigenvalue weighted by molar-refractivity contribution is 6.31. The van der Waals surface area contributed by atoms with Gasteiger partial charge in [-0.15, -0.1) is 0 Å². The molecular weight excluding hydrogens is 374 g/mol. The zero-order valence-corrected chi connectivity index (χ0v) is 16.4. The van der Waals surface area contributed by atoms with Gasteiger partial charge >= 0.3 is 0 Å². The second kappa shape index (κ2) is 9.33. The van der Waals surface area contributed by atoms with E-state index in [9.17, 15) is 9.59 Å². The summed E-state index contributed by atoms with van der Waals surface area (Å²) in [7, 11) is 0. The van der Waals surface area contributed by atoms with Gasteiger partial charge in [0.05, 0.1) is 5.69 Å². The van der Waals surface area contributed by atoms with E-state index in [1.807, 2.05) is 49.4 Å². The molecule has 0 fully saturated rings. The second-order valence-electron chi connectivity index (χ2n) is 6.62. The minimum atomic E-state index is -0.174. The van der Waals surface area contributed by atoms with Gasteiger partial charge in [0.15, 0.2) is 0 Å². The van der Waals surface area contributed by atoms with Gasteiger partial charge in [-0.3, -0.25) is 9.59 Å². The number of nitrogens with one attached hydrogen (secondary N) is 1. The van der Waals surface area contributed by atoms with Crippen molar-refractivity contribution in [2.24, 2.45) is 0 Å². The van der Waals surface area contributed by atoms with E-state index in [4.69, 9.17) is 11.6 Å². The predicted molar refractivity (Wildman–Crippen MR) is 111 cm³/mol. The fourth-order valence-corrected chi connectivity index (χ4v) is 3.00. The van der Waals surface area contributed by atoms with E-state index >= 15 is 0 Å². The van der Waals surface area contributed by atoms with Crippen LogP contribution in [0.5, 0.6) is 0 Å². The van der Waals surface area contributed by atoms with Crippen molar-refractivity contribution < 1.29 is 4.79 Å². The summed E-state index contributed by atoms with van der Waals surface area (Å²) in [5, 5.41) is 7.91.